The van der Waals surface area contributed by atoms with E-state index in [1.807, 2.05) is 30.3 Å². The number of hydrogen-bond acceptors (Lipinski definition) is 5. The number of benzene rings is 1. The minimum atomic E-state index is -0.597. The normalized spacial score (nSPS) is 11.9. The molecule has 0 aliphatic carbocycles. The lowest BCUT2D eigenvalue weighted by Crippen LogP contribution is -2.29. The molecule has 0 bridgehead atoms. The number of pyridine rings is 1. The first-order chi connectivity index (χ1) is 13.5. The summed E-state index contributed by atoms with van der Waals surface area (Å²) in [5.41, 5.74) is 2.22. The molecule has 2 heterocycles. The van der Waals surface area contributed by atoms with Gasteiger partial charge in [-0.2, -0.15) is 0 Å². The zero-order chi connectivity index (χ0) is 20.1. The van der Waals surface area contributed by atoms with Crippen LogP contribution in [0.1, 0.15) is 34.9 Å². The van der Waals surface area contributed by atoms with E-state index in [2.05, 4.69) is 9.97 Å². The molecule has 0 amide bonds. The van der Waals surface area contributed by atoms with Gasteiger partial charge in [-0.25, -0.2) is 4.98 Å². The lowest BCUT2D eigenvalue weighted by atomic mass is 9.88. The molecule has 0 spiro atoms. The third-order valence-corrected chi connectivity index (χ3v) is 4.83. The van der Waals surface area contributed by atoms with E-state index in [4.69, 9.17) is 4.74 Å². The SMILES string of the molecule is COC(=O)CC(c1ccccc1)c1c(O)cc(C)n(CCc2cnc[nH]2)c1=O. The van der Waals surface area contributed by atoms with Crippen molar-refractivity contribution in [2.45, 2.75) is 32.2 Å². The number of nitrogens with zero attached hydrogens (tertiary/aromatic N) is 2. The van der Waals surface area contributed by atoms with Crippen LogP contribution >= 0.6 is 0 Å². The number of aromatic amines is 1. The maximum absolute atomic E-state index is 13.3. The molecule has 28 heavy (non-hydrogen) atoms. The number of aromatic nitrogens is 3. The number of rotatable bonds is 7. The van der Waals surface area contributed by atoms with Gasteiger partial charge in [0.1, 0.15) is 5.75 Å². The Hall–Kier alpha value is -3.35. The maximum atomic E-state index is 13.3. The number of carbonyl (C=O) groups is 1. The molecule has 1 atom stereocenters. The molecule has 3 rings (SSSR count). The van der Waals surface area contributed by atoms with Gasteiger partial charge in [-0.15, -0.1) is 0 Å². The van der Waals surface area contributed by atoms with E-state index in [1.165, 1.54) is 7.11 Å². The summed E-state index contributed by atoms with van der Waals surface area (Å²) < 4.78 is 6.43. The Morgan fingerprint density at radius 2 is 2.07 bits per heavy atom. The largest absolute Gasteiger partial charge is 0.507 e. The van der Waals surface area contributed by atoms with Gasteiger partial charge in [-0.05, 0) is 18.6 Å². The number of hydrogen-bond donors (Lipinski definition) is 2. The number of aryl methyl sites for hydroxylation is 2. The monoisotopic (exact) mass is 381 g/mol. The molecule has 3 aromatic rings. The fraction of sp³-hybridized carbons (Fsp3) is 0.286. The second kappa shape index (κ2) is 8.56. The summed E-state index contributed by atoms with van der Waals surface area (Å²) in [5.74, 6) is -1.16. The van der Waals surface area contributed by atoms with Crippen molar-refractivity contribution < 1.29 is 14.6 Å². The van der Waals surface area contributed by atoms with Gasteiger partial charge in [0.05, 0.1) is 25.4 Å². The number of nitrogens with one attached hydrogen (secondary N) is 1. The molecule has 7 nitrogen and oxygen atoms in total. The molecule has 0 radical (unpaired) electrons. The second-order valence-corrected chi connectivity index (χ2v) is 6.61. The van der Waals surface area contributed by atoms with Crippen LogP contribution < -0.4 is 5.56 Å². The van der Waals surface area contributed by atoms with Crippen LogP contribution in [0.3, 0.4) is 0 Å². The molecule has 1 unspecified atom stereocenters. The topological polar surface area (TPSA) is 97.2 Å². The van der Waals surface area contributed by atoms with Crippen LogP contribution in [0.4, 0.5) is 0 Å². The van der Waals surface area contributed by atoms with Crippen molar-refractivity contribution in [3.8, 4) is 5.75 Å². The van der Waals surface area contributed by atoms with Crippen LogP contribution in [-0.2, 0) is 22.5 Å². The van der Waals surface area contributed by atoms with Crippen molar-refractivity contribution in [3.05, 3.63) is 81.8 Å². The van der Waals surface area contributed by atoms with Crippen molar-refractivity contribution in [2.24, 2.45) is 0 Å². The number of aromatic hydroxyl groups is 1. The summed E-state index contributed by atoms with van der Waals surface area (Å²) in [7, 11) is 1.31. The summed E-state index contributed by atoms with van der Waals surface area (Å²) >= 11 is 0. The molecular formula is C21H23N3O4. The van der Waals surface area contributed by atoms with Crippen LogP contribution in [0.25, 0.3) is 0 Å². The highest BCUT2D eigenvalue weighted by atomic mass is 16.5. The molecule has 0 aliphatic rings. The minimum absolute atomic E-state index is 0.0348. The number of H-pyrrole nitrogens is 1. The number of carbonyl (C=O) groups excluding carboxylic acids is 1. The Morgan fingerprint density at radius 1 is 1.32 bits per heavy atom. The van der Waals surface area contributed by atoms with Crippen molar-refractivity contribution in [1.82, 2.24) is 14.5 Å². The molecule has 2 N–H and O–H groups in total. The van der Waals surface area contributed by atoms with E-state index in [1.54, 1.807) is 30.1 Å². The van der Waals surface area contributed by atoms with Gasteiger partial charge in [-0.3, -0.25) is 9.59 Å². The Morgan fingerprint density at radius 3 is 2.71 bits per heavy atom. The average molecular weight is 381 g/mol. The first kappa shape index (κ1) is 19.4. The summed E-state index contributed by atoms with van der Waals surface area (Å²) in [6, 6.07) is 10.8. The Bertz CT molecular complexity index is 994. The van der Waals surface area contributed by atoms with E-state index in [0.29, 0.717) is 18.7 Å². The Kier molecular flexibility index (Phi) is 5.93. The molecule has 2 aromatic heterocycles. The lowest BCUT2D eigenvalue weighted by molar-refractivity contribution is -0.140. The van der Waals surface area contributed by atoms with Gasteiger partial charge in [0, 0.05) is 36.5 Å². The summed E-state index contributed by atoms with van der Waals surface area (Å²) in [6.45, 7) is 2.20. The van der Waals surface area contributed by atoms with E-state index in [9.17, 15) is 14.7 Å². The molecule has 1 aromatic carbocycles. The highest BCUT2D eigenvalue weighted by molar-refractivity contribution is 5.71. The molecule has 0 aliphatic heterocycles. The Balaban J connectivity index is 2.05. The predicted octanol–water partition coefficient (Wildman–Crippen LogP) is 2.52. The van der Waals surface area contributed by atoms with Crippen LogP contribution in [0.5, 0.6) is 5.75 Å². The average Bonchev–Trinajstić information content (AvgIpc) is 3.20. The van der Waals surface area contributed by atoms with Crippen LogP contribution in [0, 0.1) is 6.92 Å². The third-order valence-electron chi connectivity index (χ3n) is 4.83. The molecule has 7 heteroatoms. The molecule has 0 saturated heterocycles. The number of ether oxygens (including phenoxy) is 1. The molecule has 146 valence electrons. The van der Waals surface area contributed by atoms with E-state index in [-0.39, 0.29) is 23.3 Å². The maximum Gasteiger partial charge on any atom is 0.306 e. The fourth-order valence-electron chi connectivity index (χ4n) is 3.35. The number of methoxy groups -OCH3 is 1. The number of esters is 1. The highest BCUT2D eigenvalue weighted by Crippen LogP contribution is 2.32. The van der Waals surface area contributed by atoms with Crippen LogP contribution in [0.2, 0.25) is 0 Å². The summed E-state index contributed by atoms with van der Waals surface area (Å²) in [5, 5.41) is 10.6. The minimum Gasteiger partial charge on any atom is -0.507 e. The fourth-order valence-corrected chi connectivity index (χ4v) is 3.35. The van der Waals surface area contributed by atoms with Crippen LogP contribution in [0.15, 0.2) is 53.7 Å². The Labute approximate surface area is 162 Å². The van der Waals surface area contributed by atoms with Crippen molar-refractivity contribution in [1.29, 1.82) is 0 Å². The van der Waals surface area contributed by atoms with E-state index in [0.717, 1.165) is 11.3 Å². The predicted molar refractivity (Wildman–Crippen MR) is 104 cm³/mol. The van der Waals surface area contributed by atoms with Crippen molar-refractivity contribution >= 4 is 5.97 Å². The molecular weight excluding hydrogens is 358 g/mol. The molecule has 0 fully saturated rings. The van der Waals surface area contributed by atoms with Gasteiger partial charge in [0.25, 0.3) is 5.56 Å². The number of imidazole rings is 1. The van der Waals surface area contributed by atoms with Gasteiger partial charge < -0.3 is 19.4 Å². The van der Waals surface area contributed by atoms with Crippen molar-refractivity contribution in [2.75, 3.05) is 7.11 Å². The summed E-state index contributed by atoms with van der Waals surface area (Å²) in [4.78, 5) is 32.3. The summed E-state index contributed by atoms with van der Waals surface area (Å²) in [6.07, 6.45) is 3.87. The van der Waals surface area contributed by atoms with Gasteiger partial charge in [0.15, 0.2) is 0 Å². The second-order valence-electron chi connectivity index (χ2n) is 6.61. The van der Waals surface area contributed by atoms with Gasteiger partial charge in [-0.1, -0.05) is 30.3 Å². The van der Waals surface area contributed by atoms with Gasteiger partial charge in [0.2, 0.25) is 0 Å². The molecule has 0 saturated carbocycles. The lowest BCUT2D eigenvalue weighted by Gasteiger charge is -2.20. The van der Waals surface area contributed by atoms with Gasteiger partial charge >= 0.3 is 5.97 Å². The third kappa shape index (κ3) is 4.14. The smallest absolute Gasteiger partial charge is 0.306 e. The van der Waals surface area contributed by atoms with E-state index < -0.39 is 11.9 Å². The first-order valence-corrected chi connectivity index (χ1v) is 9.03. The zero-order valence-corrected chi connectivity index (χ0v) is 15.9. The highest BCUT2D eigenvalue weighted by Gasteiger charge is 2.26. The standard InChI is InChI=1S/C21H23N3O4/c1-14-10-18(25)20(21(27)24(14)9-8-16-12-22-13-23-16)17(11-19(26)28-2)15-6-4-3-5-7-15/h3-7,10,12-13,17,25H,8-9,11H2,1-2H3,(H,22,23). The van der Waals surface area contributed by atoms with E-state index >= 15 is 0 Å². The quantitative estimate of drug-likeness (QED) is 0.613. The van der Waals surface area contributed by atoms with Crippen molar-refractivity contribution in [3.63, 3.8) is 0 Å². The first-order valence-electron chi connectivity index (χ1n) is 9.03. The zero-order valence-electron chi connectivity index (χ0n) is 15.9. The van der Waals surface area contributed by atoms with Crippen LogP contribution in [-0.4, -0.2) is 32.7 Å².